The first kappa shape index (κ1) is 17.5. The normalized spacial score (nSPS) is 10.5. The molecule has 3 rings (SSSR count). The van der Waals surface area contributed by atoms with Crippen molar-refractivity contribution in [2.45, 2.75) is 6.42 Å². The molecule has 2 N–H and O–H groups in total. The second-order valence-corrected chi connectivity index (χ2v) is 6.13. The fourth-order valence-electron chi connectivity index (χ4n) is 2.25. The van der Waals surface area contributed by atoms with Gasteiger partial charge in [0.2, 0.25) is 5.95 Å². The molecule has 0 bridgehead atoms. The van der Waals surface area contributed by atoms with Gasteiger partial charge in [-0.2, -0.15) is 4.98 Å². The molecule has 0 radical (unpaired) electrons. The second-order valence-electron chi connectivity index (χ2n) is 5.28. The summed E-state index contributed by atoms with van der Waals surface area (Å²) in [5.74, 6) is 0.809. The van der Waals surface area contributed by atoms with E-state index in [9.17, 15) is 4.39 Å². The molecule has 0 saturated carbocycles. The summed E-state index contributed by atoms with van der Waals surface area (Å²) >= 11 is 12.1. The van der Waals surface area contributed by atoms with Crippen molar-refractivity contribution < 1.29 is 4.39 Å². The third-order valence-electron chi connectivity index (χ3n) is 3.48. The highest BCUT2D eigenvalue weighted by Gasteiger charge is 2.05. The Morgan fingerprint density at radius 3 is 2.72 bits per heavy atom. The molecule has 7 heteroatoms. The molecule has 0 fully saturated rings. The monoisotopic (exact) mass is 376 g/mol. The summed E-state index contributed by atoms with van der Waals surface area (Å²) in [5, 5.41) is 7.30. The Kier molecular flexibility index (Phi) is 5.68. The number of nitrogens with one attached hydrogen (secondary N) is 2. The van der Waals surface area contributed by atoms with Crippen molar-refractivity contribution in [2.24, 2.45) is 0 Å². The first-order chi connectivity index (χ1) is 12.1. The maximum absolute atomic E-state index is 13.6. The Hall–Kier alpha value is -2.37. The van der Waals surface area contributed by atoms with Crippen molar-refractivity contribution in [3.8, 4) is 0 Å². The molecule has 25 heavy (non-hydrogen) atoms. The molecule has 0 aliphatic heterocycles. The molecule has 128 valence electrons. The van der Waals surface area contributed by atoms with Gasteiger partial charge in [0.05, 0.1) is 10.7 Å². The van der Waals surface area contributed by atoms with Gasteiger partial charge in [-0.25, -0.2) is 9.37 Å². The highest BCUT2D eigenvalue weighted by atomic mass is 35.5. The zero-order valence-corrected chi connectivity index (χ0v) is 14.7. The average molecular weight is 377 g/mol. The van der Waals surface area contributed by atoms with Crippen LogP contribution in [0.15, 0.2) is 54.7 Å². The number of aromatic nitrogens is 2. The van der Waals surface area contributed by atoms with E-state index in [4.69, 9.17) is 23.2 Å². The van der Waals surface area contributed by atoms with Crippen molar-refractivity contribution in [3.05, 3.63) is 76.2 Å². The Bertz CT molecular complexity index is 873. The zero-order valence-electron chi connectivity index (χ0n) is 13.1. The summed E-state index contributed by atoms with van der Waals surface area (Å²) < 4.78 is 13.6. The number of benzene rings is 2. The first-order valence-corrected chi connectivity index (χ1v) is 8.40. The van der Waals surface area contributed by atoms with E-state index in [-0.39, 0.29) is 5.82 Å². The van der Waals surface area contributed by atoms with E-state index >= 15 is 0 Å². The summed E-state index contributed by atoms with van der Waals surface area (Å²) in [6.45, 7) is 0.516. The molecular formula is C18H15Cl2FN4. The zero-order chi connectivity index (χ0) is 17.6. The van der Waals surface area contributed by atoms with E-state index < -0.39 is 0 Å². The van der Waals surface area contributed by atoms with Gasteiger partial charge in [0.1, 0.15) is 11.6 Å². The number of hydrogen-bond acceptors (Lipinski definition) is 4. The standard InChI is InChI=1S/C18H15Cl2FN4/c19-13-5-6-14(20)16(11-13)24-17-8-10-23-18(25-17)22-9-7-12-3-1-2-4-15(12)21/h1-6,8,10-11H,7,9H2,(H2,22,23,24,25). The van der Waals surface area contributed by atoms with Crippen molar-refractivity contribution in [1.82, 2.24) is 9.97 Å². The quantitative estimate of drug-likeness (QED) is 0.610. The van der Waals surface area contributed by atoms with Crippen molar-refractivity contribution in [3.63, 3.8) is 0 Å². The third kappa shape index (κ3) is 4.81. The van der Waals surface area contributed by atoms with Crippen LogP contribution in [-0.4, -0.2) is 16.5 Å². The van der Waals surface area contributed by atoms with Gasteiger partial charge in [-0.1, -0.05) is 41.4 Å². The molecule has 0 amide bonds. The number of anilines is 3. The van der Waals surface area contributed by atoms with Crippen LogP contribution in [0.5, 0.6) is 0 Å². The van der Waals surface area contributed by atoms with Crippen molar-refractivity contribution >= 4 is 40.7 Å². The molecule has 4 nitrogen and oxygen atoms in total. The lowest BCUT2D eigenvalue weighted by Gasteiger charge is -2.10. The Morgan fingerprint density at radius 2 is 1.88 bits per heavy atom. The summed E-state index contributed by atoms with van der Waals surface area (Å²) in [7, 11) is 0. The van der Waals surface area contributed by atoms with E-state index in [1.807, 2.05) is 6.07 Å². The molecule has 0 aliphatic rings. The van der Waals surface area contributed by atoms with E-state index in [1.54, 1.807) is 42.6 Å². The fourth-order valence-corrected chi connectivity index (χ4v) is 2.59. The van der Waals surface area contributed by atoms with Crippen LogP contribution in [0.3, 0.4) is 0 Å². The predicted octanol–water partition coefficient (Wildman–Crippen LogP) is 5.32. The van der Waals surface area contributed by atoms with Gasteiger partial charge in [-0.15, -0.1) is 0 Å². The smallest absolute Gasteiger partial charge is 0.224 e. The third-order valence-corrected chi connectivity index (χ3v) is 4.05. The van der Waals surface area contributed by atoms with Gasteiger partial charge < -0.3 is 10.6 Å². The second kappa shape index (κ2) is 8.14. The lowest BCUT2D eigenvalue weighted by atomic mass is 10.1. The molecule has 3 aromatic rings. The summed E-state index contributed by atoms with van der Waals surface area (Å²) in [4.78, 5) is 8.52. The van der Waals surface area contributed by atoms with Crippen molar-refractivity contribution in [1.29, 1.82) is 0 Å². The molecule has 0 atom stereocenters. The van der Waals surface area contributed by atoms with Crippen LogP contribution in [-0.2, 0) is 6.42 Å². The average Bonchev–Trinajstić information content (AvgIpc) is 2.60. The Labute approximate surface area is 155 Å². The van der Waals surface area contributed by atoms with Gasteiger partial charge >= 0.3 is 0 Å². The lowest BCUT2D eigenvalue weighted by molar-refractivity contribution is 0.610. The minimum absolute atomic E-state index is 0.212. The van der Waals surface area contributed by atoms with Crippen LogP contribution in [0, 0.1) is 5.82 Å². The molecule has 1 aromatic heterocycles. The number of nitrogens with zero attached hydrogens (tertiary/aromatic N) is 2. The highest BCUT2D eigenvalue weighted by molar-refractivity contribution is 6.35. The van der Waals surface area contributed by atoms with E-state index in [2.05, 4.69) is 20.6 Å². The molecule has 0 spiro atoms. The fraction of sp³-hybridized carbons (Fsp3) is 0.111. The number of rotatable bonds is 6. The summed E-state index contributed by atoms with van der Waals surface area (Å²) in [6.07, 6.45) is 2.16. The van der Waals surface area contributed by atoms with Crippen molar-refractivity contribution in [2.75, 3.05) is 17.2 Å². The maximum atomic E-state index is 13.6. The molecule has 0 saturated heterocycles. The van der Waals surface area contributed by atoms with Crippen LogP contribution in [0.25, 0.3) is 0 Å². The maximum Gasteiger partial charge on any atom is 0.224 e. The molecule has 0 unspecified atom stereocenters. The molecule has 1 heterocycles. The largest absolute Gasteiger partial charge is 0.354 e. The first-order valence-electron chi connectivity index (χ1n) is 7.64. The SMILES string of the molecule is Fc1ccccc1CCNc1nccc(Nc2cc(Cl)ccc2Cl)n1. The van der Waals surface area contributed by atoms with Gasteiger partial charge in [-0.3, -0.25) is 0 Å². The predicted molar refractivity (Wildman–Crippen MR) is 100 cm³/mol. The van der Waals surface area contributed by atoms with Crippen LogP contribution in [0.4, 0.5) is 21.8 Å². The number of hydrogen-bond donors (Lipinski definition) is 2. The topological polar surface area (TPSA) is 49.8 Å². The van der Waals surface area contributed by atoms with Gasteiger partial charge in [0.25, 0.3) is 0 Å². The van der Waals surface area contributed by atoms with Crippen LogP contribution >= 0.6 is 23.2 Å². The van der Waals surface area contributed by atoms with E-state index in [0.717, 1.165) is 0 Å². The Balaban J connectivity index is 1.63. The van der Waals surface area contributed by atoms with Gasteiger partial charge in [-0.05, 0) is 42.3 Å². The minimum atomic E-state index is -0.212. The number of halogens is 3. The highest BCUT2D eigenvalue weighted by Crippen LogP contribution is 2.27. The summed E-state index contributed by atoms with van der Waals surface area (Å²) in [6, 6.07) is 13.6. The molecule has 2 aromatic carbocycles. The van der Waals surface area contributed by atoms with E-state index in [1.165, 1.54) is 6.07 Å². The lowest BCUT2D eigenvalue weighted by Crippen LogP contribution is -2.09. The van der Waals surface area contributed by atoms with Crippen LogP contribution in [0.1, 0.15) is 5.56 Å². The minimum Gasteiger partial charge on any atom is -0.354 e. The van der Waals surface area contributed by atoms with Crippen LogP contribution in [0.2, 0.25) is 10.0 Å². The van der Waals surface area contributed by atoms with Crippen LogP contribution < -0.4 is 10.6 Å². The van der Waals surface area contributed by atoms with Gasteiger partial charge in [0, 0.05) is 17.8 Å². The Morgan fingerprint density at radius 1 is 1.04 bits per heavy atom. The molecular weight excluding hydrogens is 362 g/mol. The summed E-state index contributed by atoms with van der Waals surface area (Å²) in [5.41, 5.74) is 1.31. The van der Waals surface area contributed by atoms with E-state index in [0.29, 0.717) is 46.0 Å². The molecule has 0 aliphatic carbocycles. The van der Waals surface area contributed by atoms with Gasteiger partial charge in [0.15, 0.2) is 0 Å².